The molecule has 3 aliphatic rings. The lowest BCUT2D eigenvalue weighted by molar-refractivity contribution is -0.129. The van der Waals surface area contributed by atoms with E-state index in [1.807, 2.05) is 42.5 Å². The van der Waals surface area contributed by atoms with Gasteiger partial charge in [-0.3, -0.25) is 14.4 Å². The fourth-order valence-electron chi connectivity index (χ4n) is 8.05. The summed E-state index contributed by atoms with van der Waals surface area (Å²) in [5, 5.41) is 20.6. The van der Waals surface area contributed by atoms with Gasteiger partial charge in [0.2, 0.25) is 11.7 Å². The Morgan fingerprint density at radius 1 is 0.939 bits per heavy atom. The lowest BCUT2D eigenvalue weighted by Gasteiger charge is -2.28. The Morgan fingerprint density at radius 3 is 2.43 bits per heavy atom. The first-order chi connectivity index (χ1) is 23.9. The molecular formula is C39H45N7O3. The number of Topliss-reactive ketones (excluding diaryl/α,β-unsaturated/α-hetero) is 2. The number of aromatic nitrogens is 4. The first-order valence-electron chi connectivity index (χ1n) is 17.7. The van der Waals surface area contributed by atoms with Gasteiger partial charge in [0.05, 0.1) is 0 Å². The molecule has 3 atom stereocenters. The fraction of sp³-hybridized carbons (Fsp3) is 0.436. The molecule has 1 amide bonds. The molecule has 0 spiro atoms. The van der Waals surface area contributed by atoms with Crippen LogP contribution in [0.3, 0.4) is 0 Å². The van der Waals surface area contributed by atoms with Crippen LogP contribution in [-0.4, -0.2) is 57.7 Å². The number of aryl methyl sites for hydroxylation is 1. The van der Waals surface area contributed by atoms with Gasteiger partial charge in [-0.05, 0) is 140 Å². The van der Waals surface area contributed by atoms with E-state index in [9.17, 15) is 14.4 Å². The summed E-state index contributed by atoms with van der Waals surface area (Å²) in [6.45, 7) is 4.78. The molecule has 0 bridgehead atoms. The van der Waals surface area contributed by atoms with Gasteiger partial charge in [0.25, 0.3) is 0 Å². The number of anilines is 1. The van der Waals surface area contributed by atoms with Crippen LogP contribution < -0.4 is 16.4 Å². The van der Waals surface area contributed by atoms with Crippen LogP contribution in [0.1, 0.15) is 60.0 Å². The van der Waals surface area contributed by atoms with Gasteiger partial charge in [-0.1, -0.05) is 36.4 Å². The second-order valence-electron chi connectivity index (χ2n) is 14.3. The largest absolute Gasteiger partial charge is 0.330 e. The van der Waals surface area contributed by atoms with Gasteiger partial charge >= 0.3 is 0 Å². The molecule has 1 aliphatic heterocycles. The number of nitrogens with zero attached hydrogens (tertiary/aromatic N) is 3. The zero-order valence-corrected chi connectivity index (χ0v) is 28.0. The summed E-state index contributed by atoms with van der Waals surface area (Å²) in [7, 11) is 0. The molecular weight excluding hydrogens is 614 g/mol. The standard InChI is InChI=1S/C39H45N7O3/c1-23-5-6-25(16-32(23)28-3-2-4-29(17-28)37(48)19-33-34-21-41-22-35(33)34)15-30(18-36(47)26-9-7-24(20-40)8-10-26)39(49)42-31-13-11-27(12-14-31)38-43-45-46-44-38/h2-6,11-14,16-17,24,26,30,33-35,41H,7-10,15,18-22,40H2,1H3,(H,42,49)(H,43,44,45,46)/t24?,26?,30-,33?,34?,35?/m1/s1. The van der Waals surface area contributed by atoms with Gasteiger partial charge in [-0.2, -0.15) is 5.21 Å². The molecule has 1 saturated heterocycles. The molecule has 254 valence electrons. The summed E-state index contributed by atoms with van der Waals surface area (Å²) in [6.07, 6.45) is 4.77. The van der Waals surface area contributed by atoms with Crippen molar-refractivity contribution in [1.82, 2.24) is 25.9 Å². The summed E-state index contributed by atoms with van der Waals surface area (Å²) in [6, 6.07) is 21.4. The van der Waals surface area contributed by atoms with E-state index in [1.54, 1.807) is 12.1 Å². The minimum absolute atomic E-state index is 0.0346. The van der Waals surface area contributed by atoms with Crippen molar-refractivity contribution in [3.05, 3.63) is 83.4 Å². The summed E-state index contributed by atoms with van der Waals surface area (Å²) < 4.78 is 0. The number of amides is 1. The van der Waals surface area contributed by atoms with Crippen molar-refractivity contribution >= 4 is 23.2 Å². The third-order valence-corrected chi connectivity index (χ3v) is 11.2. The zero-order chi connectivity index (χ0) is 33.9. The van der Waals surface area contributed by atoms with E-state index in [0.29, 0.717) is 54.6 Å². The summed E-state index contributed by atoms with van der Waals surface area (Å²) in [4.78, 5) is 40.8. The molecule has 2 aliphatic carbocycles. The molecule has 2 unspecified atom stereocenters. The number of fused-ring (bicyclic) bond motifs is 1. The van der Waals surface area contributed by atoms with Gasteiger partial charge in [-0.25, -0.2) is 0 Å². The van der Waals surface area contributed by atoms with Crippen molar-refractivity contribution in [3.63, 3.8) is 0 Å². The second kappa shape index (κ2) is 14.5. The summed E-state index contributed by atoms with van der Waals surface area (Å²) >= 11 is 0. The van der Waals surface area contributed by atoms with Crippen molar-refractivity contribution in [3.8, 4) is 22.5 Å². The average Bonchev–Trinajstić information content (AvgIpc) is 3.52. The molecule has 2 saturated carbocycles. The summed E-state index contributed by atoms with van der Waals surface area (Å²) in [5.41, 5.74) is 12.1. The van der Waals surface area contributed by atoms with Gasteiger partial charge in [-0.15, -0.1) is 10.2 Å². The van der Waals surface area contributed by atoms with Gasteiger partial charge in [0, 0.05) is 41.5 Å². The van der Waals surface area contributed by atoms with Crippen molar-refractivity contribution in [1.29, 1.82) is 0 Å². The first-order valence-corrected chi connectivity index (χ1v) is 17.7. The molecule has 49 heavy (non-hydrogen) atoms. The smallest absolute Gasteiger partial charge is 0.228 e. The molecule has 5 N–H and O–H groups in total. The average molecular weight is 660 g/mol. The highest BCUT2D eigenvalue weighted by molar-refractivity contribution is 5.98. The predicted octanol–water partition coefficient (Wildman–Crippen LogP) is 5.40. The van der Waals surface area contributed by atoms with Crippen LogP contribution in [0.25, 0.3) is 22.5 Å². The van der Waals surface area contributed by atoms with Crippen molar-refractivity contribution < 1.29 is 14.4 Å². The number of aromatic amines is 1. The molecule has 3 aromatic carbocycles. The molecule has 2 heterocycles. The van der Waals surface area contributed by atoms with Gasteiger partial charge in [0.1, 0.15) is 5.78 Å². The number of nitrogens with one attached hydrogen (secondary N) is 3. The number of piperidine rings is 1. The van der Waals surface area contributed by atoms with Crippen LogP contribution in [0.4, 0.5) is 5.69 Å². The quantitative estimate of drug-likeness (QED) is 0.139. The van der Waals surface area contributed by atoms with Gasteiger partial charge < -0.3 is 16.4 Å². The van der Waals surface area contributed by atoms with Crippen molar-refractivity contribution in [2.75, 3.05) is 25.0 Å². The van der Waals surface area contributed by atoms with E-state index < -0.39 is 5.92 Å². The molecule has 10 nitrogen and oxygen atoms in total. The Labute approximate surface area is 287 Å². The number of hydrogen-bond donors (Lipinski definition) is 4. The van der Waals surface area contributed by atoms with E-state index in [4.69, 9.17) is 5.73 Å². The van der Waals surface area contributed by atoms with E-state index in [1.165, 1.54) is 0 Å². The Balaban J connectivity index is 1.08. The Hall–Kier alpha value is -4.54. The van der Waals surface area contributed by atoms with Crippen LogP contribution >= 0.6 is 0 Å². The molecule has 3 fully saturated rings. The number of nitrogens with two attached hydrogens (primary N) is 1. The Kier molecular flexibility index (Phi) is 9.77. The number of benzene rings is 3. The second-order valence-corrected chi connectivity index (χ2v) is 14.3. The maximum absolute atomic E-state index is 13.9. The van der Waals surface area contributed by atoms with Gasteiger partial charge in [0.15, 0.2) is 5.78 Å². The normalized spacial score (nSPS) is 23.4. The maximum Gasteiger partial charge on any atom is 0.228 e. The lowest BCUT2D eigenvalue weighted by Crippen LogP contribution is -2.31. The molecule has 7 rings (SSSR count). The van der Waals surface area contributed by atoms with Crippen LogP contribution in [0, 0.1) is 42.4 Å². The number of carbonyl (C=O) groups is 3. The fourth-order valence-corrected chi connectivity index (χ4v) is 8.05. The Bertz CT molecular complexity index is 1790. The van der Waals surface area contributed by atoms with E-state index in [2.05, 4.69) is 50.3 Å². The number of ketones is 2. The minimum atomic E-state index is -0.549. The summed E-state index contributed by atoms with van der Waals surface area (Å²) in [5.74, 6) is 2.34. The van der Waals surface area contributed by atoms with Crippen LogP contribution in [0.15, 0.2) is 66.7 Å². The third-order valence-electron chi connectivity index (χ3n) is 11.2. The van der Waals surface area contributed by atoms with Crippen LogP contribution in [0.2, 0.25) is 0 Å². The molecule has 10 heteroatoms. The number of hydrogen-bond acceptors (Lipinski definition) is 8. The topological polar surface area (TPSA) is 156 Å². The van der Waals surface area contributed by atoms with Crippen molar-refractivity contribution in [2.24, 2.45) is 41.2 Å². The molecule has 4 aromatic rings. The van der Waals surface area contributed by atoms with E-state index >= 15 is 0 Å². The highest BCUT2D eigenvalue weighted by Crippen LogP contribution is 2.51. The molecule has 0 radical (unpaired) electrons. The van der Waals surface area contributed by atoms with E-state index in [0.717, 1.165) is 72.2 Å². The number of H-pyrrole nitrogens is 1. The monoisotopic (exact) mass is 659 g/mol. The lowest BCUT2D eigenvalue weighted by atomic mass is 9.77. The zero-order valence-electron chi connectivity index (χ0n) is 28.0. The Morgan fingerprint density at radius 2 is 1.71 bits per heavy atom. The predicted molar refractivity (Wildman–Crippen MR) is 188 cm³/mol. The number of tetrazole rings is 1. The highest BCUT2D eigenvalue weighted by Gasteiger charge is 2.53. The first kappa shape index (κ1) is 33.0. The van der Waals surface area contributed by atoms with Crippen LogP contribution in [0.5, 0.6) is 0 Å². The number of rotatable bonds is 13. The van der Waals surface area contributed by atoms with Crippen LogP contribution in [-0.2, 0) is 16.0 Å². The van der Waals surface area contributed by atoms with E-state index in [-0.39, 0.29) is 29.8 Å². The third kappa shape index (κ3) is 7.55. The minimum Gasteiger partial charge on any atom is -0.330 e. The highest BCUT2D eigenvalue weighted by atomic mass is 16.2. The SMILES string of the molecule is Cc1ccc(C[C@H](CC(=O)C2CCC(CN)CC2)C(=O)Nc2ccc(-c3nn[nH]n3)cc2)cc1-c1cccc(C(=O)CC2C3CNCC32)c1. The molecule has 1 aromatic heterocycles. The number of carbonyl (C=O) groups excluding carboxylic acids is 3. The van der Waals surface area contributed by atoms with Crippen molar-refractivity contribution in [2.45, 2.75) is 51.9 Å². The maximum atomic E-state index is 13.9.